The number of amides is 2. The van der Waals surface area contributed by atoms with E-state index in [1.807, 2.05) is 13.8 Å². The average Bonchev–Trinajstić information content (AvgIpc) is 3.20. The number of benzene rings is 2. The Morgan fingerprint density at radius 2 is 1.68 bits per heavy atom. The number of nitrogens with one attached hydrogen (secondary N) is 3. The topological polar surface area (TPSA) is 83.4 Å². The second kappa shape index (κ2) is 9.96. The van der Waals surface area contributed by atoms with Crippen molar-refractivity contribution in [3.8, 4) is 11.3 Å². The number of anilines is 2. The van der Waals surface area contributed by atoms with Gasteiger partial charge in [0.25, 0.3) is 5.91 Å². The van der Waals surface area contributed by atoms with Gasteiger partial charge in [-0.1, -0.05) is 43.1 Å². The maximum atomic E-state index is 12.5. The molecular weight excluding hydrogens is 457 g/mol. The summed E-state index contributed by atoms with van der Waals surface area (Å²) >= 11 is 17.4. The van der Waals surface area contributed by atoms with E-state index in [1.165, 1.54) is 6.07 Å². The van der Waals surface area contributed by atoms with Gasteiger partial charge in [-0.2, -0.15) is 0 Å². The highest BCUT2D eigenvalue weighted by molar-refractivity contribution is 7.80. The van der Waals surface area contributed by atoms with Crippen LogP contribution in [0.3, 0.4) is 0 Å². The molecule has 9 heteroatoms. The molecule has 0 spiro atoms. The van der Waals surface area contributed by atoms with E-state index in [2.05, 4.69) is 16.0 Å². The van der Waals surface area contributed by atoms with Crippen LogP contribution in [0, 0.1) is 5.92 Å². The highest BCUT2D eigenvalue weighted by Crippen LogP contribution is 2.31. The molecule has 3 N–H and O–H groups in total. The van der Waals surface area contributed by atoms with Crippen LogP contribution < -0.4 is 16.0 Å². The predicted molar refractivity (Wildman–Crippen MR) is 128 cm³/mol. The Morgan fingerprint density at radius 3 is 2.39 bits per heavy atom. The van der Waals surface area contributed by atoms with Crippen molar-refractivity contribution < 1.29 is 14.0 Å². The third-order valence-electron chi connectivity index (χ3n) is 4.16. The molecule has 1 heterocycles. The lowest BCUT2D eigenvalue weighted by Gasteiger charge is -2.11. The van der Waals surface area contributed by atoms with Gasteiger partial charge >= 0.3 is 0 Å². The molecule has 3 aromatic rings. The van der Waals surface area contributed by atoms with Gasteiger partial charge < -0.3 is 15.1 Å². The monoisotopic (exact) mass is 475 g/mol. The first-order chi connectivity index (χ1) is 14.7. The Balaban J connectivity index is 1.64. The zero-order valence-electron chi connectivity index (χ0n) is 16.7. The van der Waals surface area contributed by atoms with Gasteiger partial charge in [0.1, 0.15) is 5.76 Å². The Labute approximate surface area is 194 Å². The largest absolute Gasteiger partial charge is 0.451 e. The molecule has 0 fully saturated rings. The number of hydrogen-bond acceptors (Lipinski definition) is 4. The maximum absolute atomic E-state index is 12.5. The van der Waals surface area contributed by atoms with E-state index in [1.54, 1.807) is 48.5 Å². The second-order valence-corrected chi connectivity index (χ2v) is 8.17. The standard InChI is InChI=1S/C22H19Cl2N3O3S/c1-12(2)20(28)25-14-4-3-5-15(11-14)26-22(31)27-21(29)19-9-8-18(30-19)16-10-13(23)6-7-17(16)24/h3-12H,1-2H3,(H,25,28)(H2,26,27,29,31). The van der Waals surface area contributed by atoms with Crippen molar-refractivity contribution in [1.29, 1.82) is 0 Å². The molecule has 6 nitrogen and oxygen atoms in total. The normalized spacial score (nSPS) is 10.6. The van der Waals surface area contributed by atoms with Crippen LogP contribution in [0.15, 0.2) is 59.0 Å². The van der Waals surface area contributed by atoms with E-state index in [0.717, 1.165) is 0 Å². The molecule has 0 unspecified atom stereocenters. The smallest absolute Gasteiger partial charge is 0.293 e. The highest BCUT2D eigenvalue weighted by Gasteiger charge is 2.16. The summed E-state index contributed by atoms with van der Waals surface area (Å²) in [7, 11) is 0. The molecule has 0 aliphatic heterocycles. The second-order valence-electron chi connectivity index (χ2n) is 6.92. The predicted octanol–water partition coefficient (Wildman–Crippen LogP) is 5.97. The lowest BCUT2D eigenvalue weighted by atomic mass is 10.2. The number of carbonyl (C=O) groups is 2. The molecule has 2 aromatic carbocycles. The molecular formula is C22H19Cl2N3O3S. The fourth-order valence-corrected chi connectivity index (χ4v) is 3.17. The summed E-state index contributed by atoms with van der Waals surface area (Å²) < 4.78 is 5.61. The molecule has 0 radical (unpaired) electrons. The average molecular weight is 476 g/mol. The summed E-state index contributed by atoms with van der Waals surface area (Å²) in [5.74, 6) is -0.289. The Kier molecular flexibility index (Phi) is 7.33. The quantitative estimate of drug-likeness (QED) is 0.395. The van der Waals surface area contributed by atoms with Crippen molar-refractivity contribution in [2.45, 2.75) is 13.8 Å². The van der Waals surface area contributed by atoms with Crippen molar-refractivity contribution in [3.05, 3.63) is 70.4 Å². The van der Waals surface area contributed by atoms with Crippen LogP contribution in [-0.2, 0) is 4.79 Å². The van der Waals surface area contributed by atoms with E-state index in [0.29, 0.717) is 32.7 Å². The van der Waals surface area contributed by atoms with Gasteiger partial charge in [0.15, 0.2) is 10.9 Å². The van der Waals surface area contributed by atoms with Crippen LogP contribution in [-0.4, -0.2) is 16.9 Å². The van der Waals surface area contributed by atoms with Crippen LogP contribution in [0.1, 0.15) is 24.4 Å². The van der Waals surface area contributed by atoms with Gasteiger partial charge in [0.2, 0.25) is 5.91 Å². The van der Waals surface area contributed by atoms with Crippen LogP contribution in [0.4, 0.5) is 11.4 Å². The van der Waals surface area contributed by atoms with Gasteiger partial charge in [-0.25, -0.2) is 0 Å². The van der Waals surface area contributed by atoms with Gasteiger partial charge in [-0.3, -0.25) is 14.9 Å². The number of carbonyl (C=O) groups excluding carboxylic acids is 2. The lowest BCUT2D eigenvalue weighted by Crippen LogP contribution is -2.33. The number of halogens is 2. The summed E-state index contributed by atoms with van der Waals surface area (Å²) in [5, 5.41) is 9.30. The van der Waals surface area contributed by atoms with Crippen LogP contribution in [0.2, 0.25) is 10.0 Å². The van der Waals surface area contributed by atoms with Crippen molar-refractivity contribution in [2.75, 3.05) is 10.6 Å². The molecule has 0 saturated heterocycles. The third kappa shape index (κ3) is 6.07. The summed E-state index contributed by atoms with van der Waals surface area (Å²) in [6.45, 7) is 3.62. The van der Waals surface area contributed by atoms with Gasteiger partial charge in [-0.15, -0.1) is 0 Å². The maximum Gasteiger partial charge on any atom is 0.293 e. The first-order valence-electron chi connectivity index (χ1n) is 9.31. The number of furan rings is 1. The van der Waals surface area contributed by atoms with Gasteiger partial charge in [-0.05, 0) is 60.7 Å². The molecule has 2 amide bonds. The number of hydrogen-bond donors (Lipinski definition) is 3. The first-order valence-corrected chi connectivity index (χ1v) is 10.5. The van der Waals surface area contributed by atoms with Crippen LogP contribution in [0.25, 0.3) is 11.3 Å². The molecule has 0 aliphatic rings. The summed E-state index contributed by atoms with van der Waals surface area (Å²) in [6, 6.07) is 15.1. The minimum Gasteiger partial charge on any atom is -0.451 e. The van der Waals surface area contributed by atoms with Crippen molar-refractivity contribution in [1.82, 2.24) is 5.32 Å². The van der Waals surface area contributed by atoms with E-state index in [4.69, 9.17) is 39.8 Å². The SMILES string of the molecule is CC(C)C(=O)Nc1cccc(NC(=S)NC(=O)c2ccc(-c3cc(Cl)ccc3Cl)o2)c1. The summed E-state index contributed by atoms with van der Waals surface area (Å²) in [5.41, 5.74) is 1.80. The fraction of sp³-hybridized carbons (Fsp3) is 0.136. The van der Waals surface area contributed by atoms with Gasteiger partial charge in [0.05, 0.1) is 5.02 Å². The molecule has 0 saturated carbocycles. The summed E-state index contributed by atoms with van der Waals surface area (Å²) in [6.07, 6.45) is 0. The Morgan fingerprint density at radius 1 is 0.968 bits per heavy atom. The minimum atomic E-state index is -0.522. The van der Waals surface area contributed by atoms with Crippen molar-refractivity contribution >= 4 is 63.7 Å². The Bertz CT molecular complexity index is 1140. The fourth-order valence-electron chi connectivity index (χ4n) is 2.58. The van der Waals surface area contributed by atoms with Crippen molar-refractivity contribution in [3.63, 3.8) is 0 Å². The van der Waals surface area contributed by atoms with E-state index in [9.17, 15) is 9.59 Å². The Hall–Kier alpha value is -2.87. The first kappa shape index (κ1) is 22.8. The van der Waals surface area contributed by atoms with Crippen LogP contribution >= 0.6 is 35.4 Å². The zero-order chi connectivity index (χ0) is 22.5. The molecule has 0 aliphatic carbocycles. The van der Waals surface area contributed by atoms with E-state index >= 15 is 0 Å². The molecule has 31 heavy (non-hydrogen) atoms. The van der Waals surface area contributed by atoms with Gasteiger partial charge in [0, 0.05) is 27.9 Å². The van der Waals surface area contributed by atoms with Crippen molar-refractivity contribution in [2.24, 2.45) is 5.92 Å². The van der Waals surface area contributed by atoms with E-state index in [-0.39, 0.29) is 22.7 Å². The van der Waals surface area contributed by atoms with Crippen LogP contribution in [0.5, 0.6) is 0 Å². The molecule has 0 bridgehead atoms. The minimum absolute atomic E-state index is 0.0631. The molecule has 160 valence electrons. The molecule has 0 atom stereocenters. The lowest BCUT2D eigenvalue weighted by molar-refractivity contribution is -0.118. The molecule has 1 aromatic heterocycles. The number of thiocarbonyl (C=S) groups is 1. The van der Waals surface area contributed by atoms with E-state index < -0.39 is 5.91 Å². The zero-order valence-corrected chi connectivity index (χ0v) is 19.0. The summed E-state index contributed by atoms with van der Waals surface area (Å²) in [4.78, 5) is 24.3. The highest BCUT2D eigenvalue weighted by atomic mass is 35.5. The number of rotatable bonds is 5. The third-order valence-corrected chi connectivity index (χ3v) is 4.93. The molecule has 3 rings (SSSR count).